The van der Waals surface area contributed by atoms with E-state index in [4.69, 9.17) is 0 Å². The number of aryl methyl sites for hydroxylation is 2. The largest absolute Gasteiger partial charge is 0.507 e. The van der Waals surface area contributed by atoms with E-state index < -0.39 is 11.8 Å². The number of rotatable bonds is 14. The minimum atomic E-state index is -0.475. The fraction of sp³-hybridized carbons (Fsp3) is 0.375. The molecule has 3 aromatic carbocycles. The first-order valence-corrected chi connectivity index (χ1v) is 13.8. The molecule has 3 aromatic rings. The van der Waals surface area contributed by atoms with Gasteiger partial charge < -0.3 is 20.8 Å². The Morgan fingerprint density at radius 3 is 1.39 bits per heavy atom. The van der Waals surface area contributed by atoms with E-state index in [2.05, 4.69) is 24.5 Å². The molecule has 38 heavy (non-hydrogen) atoms. The quantitative estimate of drug-likeness (QED) is 0.164. The van der Waals surface area contributed by atoms with Gasteiger partial charge in [0.1, 0.15) is 11.5 Å². The highest BCUT2D eigenvalue weighted by Crippen LogP contribution is 2.27. The van der Waals surface area contributed by atoms with Gasteiger partial charge >= 0.3 is 0 Å². The fourth-order valence-corrected chi connectivity index (χ4v) is 4.44. The average Bonchev–Trinajstić information content (AvgIpc) is 2.90. The molecule has 0 unspecified atom stereocenters. The minimum Gasteiger partial charge on any atom is -0.507 e. The Morgan fingerprint density at radius 1 is 0.605 bits per heavy atom. The number of aromatic hydroxyl groups is 2. The SMILES string of the molecule is CCCCCCc1ccc(C(=O)Nc2ccccc2NC(=O)c2ccc(CCCCCC)cc2O)c(O)c1. The van der Waals surface area contributed by atoms with Crippen molar-refractivity contribution in [2.24, 2.45) is 0 Å². The van der Waals surface area contributed by atoms with Crippen molar-refractivity contribution in [2.45, 2.75) is 78.1 Å². The van der Waals surface area contributed by atoms with Crippen LogP contribution < -0.4 is 10.6 Å². The van der Waals surface area contributed by atoms with Gasteiger partial charge in [0.2, 0.25) is 0 Å². The molecule has 0 radical (unpaired) electrons. The lowest BCUT2D eigenvalue weighted by molar-refractivity contribution is 0.101. The third-order valence-electron chi connectivity index (χ3n) is 6.68. The van der Waals surface area contributed by atoms with Gasteiger partial charge in [0, 0.05) is 0 Å². The summed E-state index contributed by atoms with van der Waals surface area (Å²) < 4.78 is 0. The molecule has 0 atom stereocenters. The van der Waals surface area contributed by atoms with E-state index in [9.17, 15) is 19.8 Å². The van der Waals surface area contributed by atoms with Crippen molar-refractivity contribution in [2.75, 3.05) is 10.6 Å². The number of phenols is 2. The van der Waals surface area contributed by atoms with Gasteiger partial charge in [-0.2, -0.15) is 0 Å². The summed E-state index contributed by atoms with van der Waals surface area (Å²) in [6.07, 6.45) is 10.8. The normalized spacial score (nSPS) is 10.8. The highest BCUT2D eigenvalue weighted by atomic mass is 16.3. The standard InChI is InChI=1S/C32H40N2O4/c1-3-5-7-9-13-23-17-19-25(29(35)21-23)31(37)33-27-15-11-12-16-28(27)34-32(38)26-20-18-24(22-30(26)36)14-10-8-6-4-2/h11-12,15-22,35-36H,3-10,13-14H2,1-2H3,(H,33,37)(H,34,38). The molecule has 4 N–H and O–H groups in total. The fourth-order valence-electron chi connectivity index (χ4n) is 4.44. The van der Waals surface area contributed by atoms with Crippen LogP contribution in [-0.2, 0) is 12.8 Å². The van der Waals surface area contributed by atoms with Crippen LogP contribution in [0.5, 0.6) is 11.5 Å². The number of nitrogens with one attached hydrogen (secondary N) is 2. The van der Waals surface area contributed by atoms with Crippen LogP contribution in [0.25, 0.3) is 0 Å². The number of carbonyl (C=O) groups is 2. The van der Waals surface area contributed by atoms with Crippen LogP contribution in [0.4, 0.5) is 11.4 Å². The number of phenolic OH excluding ortho intramolecular Hbond substituents is 2. The lowest BCUT2D eigenvalue weighted by Crippen LogP contribution is -2.17. The van der Waals surface area contributed by atoms with Gasteiger partial charge in [0.05, 0.1) is 22.5 Å². The highest BCUT2D eigenvalue weighted by Gasteiger charge is 2.17. The molecule has 0 aliphatic carbocycles. The van der Waals surface area contributed by atoms with Crippen LogP contribution in [0.15, 0.2) is 60.7 Å². The van der Waals surface area contributed by atoms with Crippen LogP contribution >= 0.6 is 0 Å². The summed E-state index contributed by atoms with van der Waals surface area (Å²) in [5.41, 5.74) is 3.09. The van der Waals surface area contributed by atoms with Crippen molar-refractivity contribution in [1.29, 1.82) is 0 Å². The summed E-state index contributed by atoms with van der Waals surface area (Å²) in [6, 6.07) is 17.1. The van der Waals surface area contributed by atoms with Gasteiger partial charge in [-0.05, 0) is 73.2 Å². The van der Waals surface area contributed by atoms with E-state index >= 15 is 0 Å². The first-order valence-electron chi connectivity index (χ1n) is 13.8. The molecule has 0 saturated carbocycles. The maximum absolute atomic E-state index is 12.9. The van der Waals surface area contributed by atoms with Gasteiger partial charge in [-0.1, -0.05) is 76.6 Å². The Bertz CT molecular complexity index is 1130. The molecular formula is C32H40N2O4. The Balaban J connectivity index is 1.65. The van der Waals surface area contributed by atoms with E-state index in [1.807, 2.05) is 12.1 Å². The maximum atomic E-state index is 12.9. The number of hydrogen-bond acceptors (Lipinski definition) is 4. The number of hydrogen-bond donors (Lipinski definition) is 4. The predicted molar refractivity (Wildman–Crippen MR) is 154 cm³/mol. The molecule has 0 aromatic heterocycles. The van der Waals surface area contributed by atoms with Crippen LogP contribution in [0.3, 0.4) is 0 Å². The second-order valence-electron chi connectivity index (χ2n) is 9.78. The first kappa shape index (κ1) is 28.8. The highest BCUT2D eigenvalue weighted by molar-refractivity contribution is 6.11. The Hall–Kier alpha value is -3.80. The Labute approximate surface area is 226 Å². The zero-order valence-electron chi connectivity index (χ0n) is 22.6. The topological polar surface area (TPSA) is 98.7 Å². The number of carbonyl (C=O) groups excluding carboxylic acids is 2. The maximum Gasteiger partial charge on any atom is 0.259 e. The smallest absolute Gasteiger partial charge is 0.259 e. The van der Waals surface area contributed by atoms with Crippen molar-refractivity contribution in [3.63, 3.8) is 0 Å². The predicted octanol–water partition coefficient (Wildman–Crippen LogP) is 7.85. The van der Waals surface area contributed by atoms with Gasteiger partial charge in [-0.3, -0.25) is 9.59 Å². The zero-order chi connectivity index (χ0) is 27.3. The molecule has 0 saturated heterocycles. The van der Waals surface area contributed by atoms with Gasteiger partial charge in [-0.25, -0.2) is 0 Å². The molecule has 0 spiro atoms. The second kappa shape index (κ2) is 14.8. The lowest BCUT2D eigenvalue weighted by atomic mass is 10.0. The molecule has 0 aliphatic rings. The van der Waals surface area contributed by atoms with Crippen LogP contribution in [-0.4, -0.2) is 22.0 Å². The minimum absolute atomic E-state index is 0.0725. The number of amides is 2. The summed E-state index contributed by atoms with van der Waals surface area (Å²) in [5.74, 6) is -1.09. The van der Waals surface area contributed by atoms with E-state index in [0.29, 0.717) is 11.4 Å². The molecule has 2 amide bonds. The third-order valence-corrected chi connectivity index (χ3v) is 6.68. The van der Waals surface area contributed by atoms with Crippen LogP contribution in [0, 0.1) is 0 Å². The van der Waals surface area contributed by atoms with Gasteiger partial charge in [-0.15, -0.1) is 0 Å². The summed E-state index contributed by atoms with van der Waals surface area (Å²) in [7, 11) is 0. The van der Waals surface area contributed by atoms with Gasteiger partial charge in [0.15, 0.2) is 0 Å². The molecule has 0 bridgehead atoms. The van der Waals surface area contributed by atoms with Crippen LogP contribution in [0.2, 0.25) is 0 Å². The van der Waals surface area contributed by atoms with Crippen molar-refractivity contribution < 1.29 is 19.8 Å². The first-order chi connectivity index (χ1) is 18.4. The van der Waals surface area contributed by atoms with Crippen molar-refractivity contribution in [1.82, 2.24) is 0 Å². The van der Waals surface area contributed by atoms with Crippen LogP contribution in [0.1, 0.15) is 97.1 Å². The third kappa shape index (κ3) is 8.37. The molecule has 0 aliphatic heterocycles. The van der Waals surface area contributed by atoms with Crippen molar-refractivity contribution in [3.8, 4) is 11.5 Å². The van der Waals surface area contributed by atoms with E-state index in [1.165, 1.54) is 25.7 Å². The summed E-state index contributed by atoms with van der Waals surface area (Å²) in [4.78, 5) is 25.9. The zero-order valence-corrected chi connectivity index (χ0v) is 22.6. The van der Waals surface area contributed by atoms with Crippen molar-refractivity contribution in [3.05, 3.63) is 82.9 Å². The molecule has 6 heteroatoms. The number of unbranched alkanes of at least 4 members (excludes halogenated alkanes) is 6. The molecule has 0 fully saturated rings. The molecule has 0 heterocycles. The van der Waals surface area contributed by atoms with E-state index in [0.717, 1.165) is 49.7 Å². The molecule has 3 rings (SSSR count). The summed E-state index contributed by atoms with van der Waals surface area (Å²) in [5, 5.41) is 26.5. The van der Waals surface area contributed by atoms with E-state index in [-0.39, 0.29) is 22.6 Å². The second-order valence-corrected chi connectivity index (χ2v) is 9.78. The monoisotopic (exact) mass is 516 g/mol. The average molecular weight is 517 g/mol. The van der Waals surface area contributed by atoms with Crippen molar-refractivity contribution >= 4 is 23.2 Å². The summed E-state index contributed by atoms with van der Waals surface area (Å²) in [6.45, 7) is 4.33. The summed E-state index contributed by atoms with van der Waals surface area (Å²) >= 11 is 0. The number of para-hydroxylation sites is 2. The Morgan fingerprint density at radius 2 is 1.03 bits per heavy atom. The molecular weight excluding hydrogens is 476 g/mol. The van der Waals surface area contributed by atoms with Gasteiger partial charge in [0.25, 0.3) is 11.8 Å². The molecule has 202 valence electrons. The lowest BCUT2D eigenvalue weighted by Gasteiger charge is -2.14. The number of anilines is 2. The van der Waals surface area contributed by atoms with E-state index in [1.54, 1.807) is 48.5 Å². The molecule has 6 nitrogen and oxygen atoms in total. The Kier molecular flexibility index (Phi) is 11.2. The number of benzene rings is 3.